The predicted molar refractivity (Wildman–Crippen MR) is 145 cm³/mol. The van der Waals surface area contributed by atoms with E-state index in [0.29, 0.717) is 5.06 Å². The molecular weight excluding hydrogens is 488 g/mol. The number of ether oxygens (including phenoxy) is 1. The van der Waals surface area contributed by atoms with Gasteiger partial charge in [-0.3, -0.25) is 14.4 Å². The number of carbonyl (C=O) groups excluding carboxylic acids is 5. The summed E-state index contributed by atoms with van der Waals surface area (Å²) in [6.45, 7) is 7.39. The Hall–Kier alpha value is -2.45. The summed E-state index contributed by atoms with van der Waals surface area (Å²) < 4.78 is 5.40. The first kappa shape index (κ1) is 33.6. The number of unbranched alkanes of at least 4 members (excludes halogenated alkanes) is 12. The average molecular weight is 539 g/mol. The molecule has 1 atom stereocenters. The van der Waals surface area contributed by atoms with E-state index in [4.69, 9.17) is 9.57 Å². The highest BCUT2D eigenvalue weighted by Crippen LogP contribution is 2.16. The number of amides is 3. The van der Waals surface area contributed by atoms with Crippen molar-refractivity contribution in [3.8, 4) is 0 Å². The molecule has 9 heteroatoms. The Morgan fingerprint density at radius 1 is 0.789 bits per heavy atom. The van der Waals surface area contributed by atoms with Crippen LogP contribution in [0.25, 0.3) is 0 Å². The van der Waals surface area contributed by atoms with Crippen LogP contribution in [0.2, 0.25) is 0 Å². The molecular formula is C29H50N2O7. The molecule has 0 aromatic heterocycles. The van der Waals surface area contributed by atoms with Crippen LogP contribution >= 0.6 is 0 Å². The fourth-order valence-corrected chi connectivity index (χ4v) is 4.26. The third kappa shape index (κ3) is 15.7. The first-order valence-corrected chi connectivity index (χ1v) is 14.6. The number of hydrogen-bond acceptors (Lipinski definition) is 7. The van der Waals surface area contributed by atoms with Crippen molar-refractivity contribution in [1.29, 1.82) is 0 Å². The number of hydroxylamine groups is 2. The van der Waals surface area contributed by atoms with Crippen LogP contribution in [0.15, 0.2) is 0 Å². The van der Waals surface area contributed by atoms with Gasteiger partial charge in [0.15, 0.2) is 0 Å². The molecule has 38 heavy (non-hydrogen) atoms. The molecule has 1 aliphatic heterocycles. The molecule has 0 bridgehead atoms. The molecule has 0 aromatic carbocycles. The SMILES string of the molecule is CCCCCCCCCCCCCCCC(=O)NC(CCC(=O)ON1C(=O)CCC1=O)C(=O)OC(C)(C)C. The topological polar surface area (TPSA) is 119 Å². The summed E-state index contributed by atoms with van der Waals surface area (Å²) in [5, 5.41) is 3.15. The molecule has 1 fully saturated rings. The van der Waals surface area contributed by atoms with Crippen LogP contribution in [0.4, 0.5) is 0 Å². The molecule has 0 aliphatic carbocycles. The van der Waals surface area contributed by atoms with Crippen molar-refractivity contribution >= 4 is 29.7 Å². The Bertz CT molecular complexity index is 745. The van der Waals surface area contributed by atoms with Crippen LogP contribution in [0, 0.1) is 0 Å². The summed E-state index contributed by atoms with van der Waals surface area (Å²) in [7, 11) is 0. The minimum absolute atomic E-state index is 0.00188. The maximum Gasteiger partial charge on any atom is 0.333 e. The van der Waals surface area contributed by atoms with Gasteiger partial charge in [-0.2, -0.15) is 0 Å². The second-order valence-electron chi connectivity index (χ2n) is 11.2. The number of esters is 1. The van der Waals surface area contributed by atoms with Crippen molar-refractivity contribution < 1.29 is 33.5 Å². The number of nitrogens with one attached hydrogen (secondary N) is 1. The van der Waals surface area contributed by atoms with Crippen LogP contribution in [-0.2, 0) is 33.5 Å². The van der Waals surface area contributed by atoms with Gasteiger partial charge in [-0.05, 0) is 33.6 Å². The van der Waals surface area contributed by atoms with Crippen LogP contribution in [0.1, 0.15) is 143 Å². The van der Waals surface area contributed by atoms with E-state index in [2.05, 4.69) is 12.2 Å². The highest BCUT2D eigenvalue weighted by molar-refractivity contribution is 6.01. The summed E-state index contributed by atoms with van der Waals surface area (Å²) in [5.41, 5.74) is -0.760. The first-order valence-electron chi connectivity index (χ1n) is 14.6. The van der Waals surface area contributed by atoms with Crippen molar-refractivity contribution in [3.05, 3.63) is 0 Å². The zero-order valence-electron chi connectivity index (χ0n) is 24.1. The predicted octanol–water partition coefficient (Wildman–Crippen LogP) is 5.68. The Balaban J connectivity index is 2.31. The van der Waals surface area contributed by atoms with E-state index in [1.165, 1.54) is 64.2 Å². The van der Waals surface area contributed by atoms with Gasteiger partial charge < -0.3 is 14.9 Å². The Labute approximate surface area is 228 Å². The van der Waals surface area contributed by atoms with Crippen molar-refractivity contribution in [1.82, 2.24) is 10.4 Å². The normalized spacial score (nSPS) is 14.5. The molecule has 3 amide bonds. The highest BCUT2D eigenvalue weighted by atomic mass is 16.7. The minimum atomic E-state index is -1.03. The molecule has 1 rings (SSSR count). The van der Waals surface area contributed by atoms with Gasteiger partial charge in [0.2, 0.25) is 5.91 Å². The smallest absolute Gasteiger partial charge is 0.333 e. The second kappa shape index (κ2) is 18.7. The van der Waals surface area contributed by atoms with E-state index in [1.807, 2.05) is 0 Å². The molecule has 1 saturated heterocycles. The summed E-state index contributed by atoms with van der Waals surface area (Å²) in [4.78, 5) is 65.4. The van der Waals surface area contributed by atoms with Crippen molar-refractivity contribution in [2.24, 2.45) is 0 Å². The Kier molecular flexibility index (Phi) is 16.6. The fraction of sp³-hybridized carbons (Fsp3) is 0.828. The van der Waals surface area contributed by atoms with Gasteiger partial charge in [0, 0.05) is 19.3 Å². The maximum absolute atomic E-state index is 12.6. The number of imide groups is 1. The molecule has 1 aliphatic rings. The molecule has 9 nitrogen and oxygen atoms in total. The van der Waals surface area contributed by atoms with Gasteiger partial charge in [-0.25, -0.2) is 9.59 Å². The summed E-state index contributed by atoms with van der Waals surface area (Å²) in [6.07, 6.45) is 15.7. The van der Waals surface area contributed by atoms with E-state index < -0.39 is 35.4 Å². The molecule has 0 saturated carbocycles. The van der Waals surface area contributed by atoms with Gasteiger partial charge in [0.25, 0.3) is 11.8 Å². The zero-order chi connectivity index (χ0) is 28.4. The summed E-state index contributed by atoms with van der Waals surface area (Å²) in [5.74, 6) is -2.89. The van der Waals surface area contributed by atoms with E-state index in [9.17, 15) is 24.0 Å². The molecule has 0 aromatic rings. The van der Waals surface area contributed by atoms with Crippen LogP contribution < -0.4 is 5.32 Å². The molecule has 0 radical (unpaired) electrons. The zero-order valence-corrected chi connectivity index (χ0v) is 24.1. The molecule has 0 spiro atoms. The van der Waals surface area contributed by atoms with Gasteiger partial charge in [-0.15, -0.1) is 5.06 Å². The average Bonchev–Trinajstić information content (AvgIpc) is 3.15. The van der Waals surface area contributed by atoms with Gasteiger partial charge in [-0.1, -0.05) is 84.0 Å². The largest absolute Gasteiger partial charge is 0.458 e. The molecule has 1 N–H and O–H groups in total. The molecule has 1 unspecified atom stereocenters. The van der Waals surface area contributed by atoms with Crippen LogP contribution in [0.5, 0.6) is 0 Å². The number of carbonyl (C=O) groups is 5. The maximum atomic E-state index is 12.6. The quantitative estimate of drug-likeness (QED) is 0.120. The second-order valence-corrected chi connectivity index (χ2v) is 11.2. The standard InChI is InChI=1S/C29H50N2O7/c1-5-6-7-8-9-10-11-12-13-14-15-16-17-18-24(32)30-23(28(36)37-29(2,3)4)19-22-27(35)38-31-25(33)20-21-26(31)34/h23H,5-22H2,1-4H3,(H,30,32). The van der Waals surface area contributed by atoms with Crippen LogP contribution in [-0.4, -0.2) is 46.4 Å². The summed E-state index contributed by atoms with van der Waals surface area (Å²) in [6, 6.07) is -1.03. The number of nitrogens with zero attached hydrogens (tertiary/aromatic N) is 1. The molecule has 218 valence electrons. The van der Waals surface area contributed by atoms with E-state index in [1.54, 1.807) is 20.8 Å². The fourth-order valence-electron chi connectivity index (χ4n) is 4.26. The monoisotopic (exact) mass is 538 g/mol. The van der Waals surface area contributed by atoms with Crippen LogP contribution in [0.3, 0.4) is 0 Å². The number of hydrogen-bond donors (Lipinski definition) is 1. The van der Waals surface area contributed by atoms with Gasteiger partial charge >= 0.3 is 11.9 Å². The Morgan fingerprint density at radius 2 is 1.26 bits per heavy atom. The van der Waals surface area contributed by atoms with E-state index >= 15 is 0 Å². The third-order valence-corrected chi connectivity index (χ3v) is 6.37. The summed E-state index contributed by atoms with van der Waals surface area (Å²) >= 11 is 0. The van der Waals surface area contributed by atoms with Crippen molar-refractivity contribution in [2.45, 2.75) is 155 Å². The molecule has 1 heterocycles. The lowest BCUT2D eigenvalue weighted by Crippen LogP contribution is -2.44. The Morgan fingerprint density at radius 3 is 1.74 bits per heavy atom. The lowest BCUT2D eigenvalue weighted by atomic mass is 10.0. The highest BCUT2D eigenvalue weighted by Gasteiger charge is 2.33. The van der Waals surface area contributed by atoms with E-state index in [-0.39, 0.29) is 38.0 Å². The first-order chi connectivity index (χ1) is 18.0. The van der Waals surface area contributed by atoms with Gasteiger partial charge in [0.05, 0.1) is 6.42 Å². The van der Waals surface area contributed by atoms with Crippen molar-refractivity contribution in [3.63, 3.8) is 0 Å². The number of rotatable bonds is 20. The van der Waals surface area contributed by atoms with Crippen molar-refractivity contribution in [2.75, 3.05) is 0 Å². The third-order valence-electron chi connectivity index (χ3n) is 6.37. The lowest BCUT2D eigenvalue weighted by Gasteiger charge is -2.24. The van der Waals surface area contributed by atoms with E-state index in [0.717, 1.165) is 19.3 Å². The minimum Gasteiger partial charge on any atom is -0.458 e. The lowest BCUT2D eigenvalue weighted by molar-refractivity contribution is -0.197. The van der Waals surface area contributed by atoms with Gasteiger partial charge in [0.1, 0.15) is 11.6 Å².